The number of rotatable bonds is 6. The zero-order chi connectivity index (χ0) is 14.4. The van der Waals surface area contributed by atoms with Crippen LogP contribution in [0, 0.1) is 10.1 Å². The lowest BCUT2D eigenvalue weighted by Gasteiger charge is -2.19. The van der Waals surface area contributed by atoms with E-state index in [4.69, 9.17) is 0 Å². The Balaban J connectivity index is 1.82. The maximum Gasteiger partial charge on any atom is 0.287 e. The summed E-state index contributed by atoms with van der Waals surface area (Å²) in [5, 5.41) is 13.6. The highest BCUT2D eigenvalue weighted by Crippen LogP contribution is 2.12. The van der Waals surface area contributed by atoms with Crippen molar-refractivity contribution in [1.29, 1.82) is 0 Å². The van der Waals surface area contributed by atoms with E-state index in [9.17, 15) is 10.1 Å². The molecule has 0 spiro atoms. The molecule has 6 nitrogen and oxygen atoms in total. The molecule has 0 fully saturated rings. The summed E-state index contributed by atoms with van der Waals surface area (Å²) in [6.45, 7) is 1.51. The highest BCUT2D eigenvalue weighted by atomic mass is 16.6. The normalized spacial score (nSPS) is 10.1. The molecule has 1 heterocycles. The van der Waals surface area contributed by atoms with Gasteiger partial charge in [-0.05, 0) is 18.2 Å². The molecular formula is C14H16N4O2. The van der Waals surface area contributed by atoms with Crippen LogP contribution in [-0.4, -0.2) is 30.0 Å². The first-order valence-electron chi connectivity index (χ1n) is 6.27. The Morgan fingerprint density at radius 3 is 2.60 bits per heavy atom. The van der Waals surface area contributed by atoms with Gasteiger partial charge in [0, 0.05) is 31.9 Å². The van der Waals surface area contributed by atoms with E-state index in [0.717, 1.165) is 12.2 Å². The monoisotopic (exact) mass is 272 g/mol. The average Bonchev–Trinajstić information content (AvgIpc) is 2.48. The van der Waals surface area contributed by atoms with Crippen molar-refractivity contribution in [2.75, 3.05) is 30.4 Å². The largest absolute Gasteiger partial charge is 0.373 e. The summed E-state index contributed by atoms with van der Waals surface area (Å²) >= 11 is 0. The predicted molar refractivity (Wildman–Crippen MR) is 79.1 cm³/mol. The van der Waals surface area contributed by atoms with E-state index >= 15 is 0 Å². The van der Waals surface area contributed by atoms with Gasteiger partial charge in [-0.2, -0.15) is 0 Å². The van der Waals surface area contributed by atoms with Crippen LogP contribution in [0.15, 0.2) is 48.7 Å². The van der Waals surface area contributed by atoms with Crippen LogP contribution >= 0.6 is 0 Å². The van der Waals surface area contributed by atoms with Crippen molar-refractivity contribution in [2.45, 2.75) is 0 Å². The Hall–Kier alpha value is -2.63. The molecule has 2 rings (SSSR count). The lowest BCUT2D eigenvalue weighted by Crippen LogP contribution is -2.24. The fraction of sp³-hybridized carbons (Fsp3) is 0.214. The molecule has 0 bridgehead atoms. The predicted octanol–water partition coefficient (Wildman–Crippen LogP) is 2.54. The number of hydrogen-bond acceptors (Lipinski definition) is 5. The molecule has 0 atom stereocenters. The number of anilines is 2. The van der Waals surface area contributed by atoms with E-state index < -0.39 is 4.92 Å². The number of nitro groups is 1. The van der Waals surface area contributed by atoms with Crippen LogP contribution in [0.3, 0.4) is 0 Å². The molecule has 2 aromatic rings. The second-order valence-corrected chi connectivity index (χ2v) is 4.34. The first kappa shape index (κ1) is 13.8. The van der Waals surface area contributed by atoms with Gasteiger partial charge < -0.3 is 10.2 Å². The summed E-state index contributed by atoms with van der Waals surface area (Å²) in [5.41, 5.74) is 1.14. The number of benzene rings is 1. The molecular weight excluding hydrogens is 256 g/mol. The van der Waals surface area contributed by atoms with Crippen LogP contribution in [-0.2, 0) is 0 Å². The molecule has 0 aliphatic carbocycles. The van der Waals surface area contributed by atoms with Gasteiger partial charge in [-0.15, -0.1) is 0 Å². The smallest absolute Gasteiger partial charge is 0.287 e. The molecule has 6 heteroatoms. The Bertz CT molecular complexity index is 557. The fourth-order valence-electron chi connectivity index (χ4n) is 1.76. The number of nitrogens with one attached hydrogen (secondary N) is 1. The maximum atomic E-state index is 10.5. The van der Waals surface area contributed by atoms with E-state index in [1.807, 2.05) is 37.4 Å². The molecule has 0 aliphatic rings. The minimum Gasteiger partial charge on any atom is -0.373 e. The number of likely N-dealkylation sites (N-methyl/N-ethyl adjacent to an activating group) is 1. The SMILES string of the molecule is CN(CCNc1ccc([N+](=O)[O-])cn1)c1ccccc1. The Morgan fingerprint density at radius 1 is 1.25 bits per heavy atom. The van der Waals surface area contributed by atoms with E-state index in [-0.39, 0.29) is 5.69 Å². The lowest BCUT2D eigenvalue weighted by atomic mass is 10.3. The quantitative estimate of drug-likeness (QED) is 0.646. The molecule has 0 saturated heterocycles. The van der Waals surface area contributed by atoms with Gasteiger partial charge in [0.25, 0.3) is 5.69 Å². The summed E-state index contributed by atoms with van der Waals surface area (Å²) in [7, 11) is 2.01. The van der Waals surface area contributed by atoms with Gasteiger partial charge in [-0.3, -0.25) is 10.1 Å². The Labute approximate surface area is 117 Å². The molecule has 104 valence electrons. The lowest BCUT2D eigenvalue weighted by molar-refractivity contribution is -0.385. The molecule has 0 aliphatic heterocycles. The highest BCUT2D eigenvalue weighted by molar-refractivity contribution is 5.45. The van der Waals surface area contributed by atoms with E-state index in [0.29, 0.717) is 12.4 Å². The van der Waals surface area contributed by atoms with E-state index in [2.05, 4.69) is 15.2 Å². The molecule has 1 aromatic carbocycles. The number of aromatic nitrogens is 1. The van der Waals surface area contributed by atoms with Crippen molar-refractivity contribution in [3.63, 3.8) is 0 Å². The van der Waals surface area contributed by atoms with Gasteiger partial charge in [0.1, 0.15) is 12.0 Å². The molecule has 0 radical (unpaired) electrons. The van der Waals surface area contributed by atoms with Gasteiger partial charge in [0.2, 0.25) is 0 Å². The van der Waals surface area contributed by atoms with Crippen LogP contribution in [0.25, 0.3) is 0 Å². The minimum absolute atomic E-state index is 0.00282. The van der Waals surface area contributed by atoms with Crippen molar-refractivity contribution in [3.8, 4) is 0 Å². The van der Waals surface area contributed by atoms with Crippen LogP contribution in [0.2, 0.25) is 0 Å². The van der Waals surface area contributed by atoms with E-state index in [1.165, 1.54) is 12.3 Å². The third-order valence-corrected chi connectivity index (χ3v) is 2.91. The number of hydrogen-bond donors (Lipinski definition) is 1. The summed E-state index contributed by atoms with van der Waals surface area (Å²) in [6, 6.07) is 13.1. The molecule has 20 heavy (non-hydrogen) atoms. The first-order chi connectivity index (χ1) is 9.66. The number of nitrogens with zero attached hydrogens (tertiary/aromatic N) is 3. The van der Waals surface area contributed by atoms with Crippen molar-refractivity contribution in [3.05, 3.63) is 58.8 Å². The molecule has 0 unspecified atom stereocenters. The van der Waals surface area contributed by atoms with Crippen molar-refractivity contribution in [1.82, 2.24) is 4.98 Å². The molecule has 0 amide bonds. The highest BCUT2D eigenvalue weighted by Gasteiger charge is 2.05. The number of para-hydroxylation sites is 1. The van der Waals surface area contributed by atoms with Gasteiger partial charge in [0.05, 0.1) is 4.92 Å². The zero-order valence-corrected chi connectivity index (χ0v) is 11.2. The standard InChI is InChI=1S/C14H16N4O2/c1-17(12-5-3-2-4-6-12)10-9-15-14-8-7-13(11-16-14)18(19)20/h2-8,11H,9-10H2,1H3,(H,15,16). The third kappa shape index (κ3) is 3.68. The summed E-state index contributed by atoms with van der Waals surface area (Å²) in [4.78, 5) is 16.2. The van der Waals surface area contributed by atoms with Gasteiger partial charge >= 0.3 is 0 Å². The van der Waals surface area contributed by atoms with Gasteiger partial charge in [-0.1, -0.05) is 18.2 Å². The van der Waals surface area contributed by atoms with Crippen LogP contribution in [0.5, 0.6) is 0 Å². The van der Waals surface area contributed by atoms with Crippen LogP contribution in [0.1, 0.15) is 0 Å². The minimum atomic E-state index is -0.458. The summed E-state index contributed by atoms with van der Waals surface area (Å²) in [5.74, 6) is 0.636. The van der Waals surface area contributed by atoms with Crippen LogP contribution < -0.4 is 10.2 Å². The topological polar surface area (TPSA) is 71.3 Å². The van der Waals surface area contributed by atoms with Crippen molar-refractivity contribution < 1.29 is 4.92 Å². The summed E-state index contributed by atoms with van der Waals surface area (Å²) in [6.07, 6.45) is 1.25. The second kappa shape index (κ2) is 6.51. The maximum absolute atomic E-state index is 10.5. The van der Waals surface area contributed by atoms with Gasteiger partial charge in [0.15, 0.2) is 0 Å². The Kier molecular flexibility index (Phi) is 4.49. The van der Waals surface area contributed by atoms with E-state index in [1.54, 1.807) is 6.07 Å². The van der Waals surface area contributed by atoms with Crippen LogP contribution in [0.4, 0.5) is 17.2 Å². The molecule has 1 aromatic heterocycles. The molecule has 1 N–H and O–H groups in total. The summed E-state index contributed by atoms with van der Waals surface area (Å²) < 4.78 is 0. The average molecular weight is 272 g/mol. The fourth-order valence-corrected chi connectivity index (χ4v) is 1.76. The second-order valence-electron chi connectivity index (χ2n) is 4.34. The van der Waals surface area contributed by atoms with Crippen molar-refractivity contribution in [2.24, 2.45) is 0 Å². The third-order valence-electron chi connectivity index (χ3n) is 2.91. The van der Waals surface area contributed by atoms with Gasteiger partial charge in [-0.25, -0.2) is 4.98 Å². The molecule has 0 saturated carbocycles. The number of pyridine rings is 1. The zero-order valence-electron chi connectivity index (χ0n) is 11.2. The first-order valence-corrected chi connectivity index (χ1v) is 6.27. The Morgan fingerprint density at radius 2 is 2.00 bits per heavy atom. The van der Waals surface area contributed by atoms with Crippen molar-refractivity contribution >= 4 is 17.2 Å².